The second-order valence-corrected chi connectivity index (χ2v) is 4.49. The van der Waals surface area contributed by atoms with Crippen molar-refractivity contribution in [2.24, 2.45) is 23.7 Å². The Morgan fingerprint density at radius 1 is 1.27 bits per heavy atom. The van der Waals surface area contributed by atoms with E-state index in [1.54, 1.807) is 0 Å². The Morgan fingerprint density at radius 3 is 2.55 bits per heavy atom. The Morgan fingerprint density at radius 2 is 2.09 bits per heavy atom. The summed E-state index contributed by atoms with van der Waals surface area (Å²) in [5.41, 5.74) is 0. The molecule has 0 radical (unpaired) electrons. The van der Waals surface area contributed by atoms with Crippen molar-refractivity contribution in [3.8, 4) is 0 Å². The molecule has 0 saturated heterocycles. The van der Waals surface area contributed by atoms with Crippen LogP contribution in [0.25, 0.3) is 0 Å². The van der Waals surface area contributed by atoms with E-state index >= 15 is 0 Å². The number of rotatable bonds is 2. The fourth-order valence-corrected chi connectivity index (χ4v) is 3.18. The average Bonchev–Trinajstić information content (AvgIpc) is 2.47. The quantitative estimate of drug-likeness (QED) is 0.530. The Bertz CT molecular complexity index is 157. The molecule has 4 unspecified atom stereocenters. The first-order chi connectivity index (χ1) is 5.31. The summed E-state index contributed by atoms with van der Waals surface area (Å²) in [6.07, 6.45) is 7.91. The van der Waals surface area contributed by atoms with Gasteiger partial charge >= 0.3 is 0 Å². The molecular formula is C11H18. The summed E-state index contributed by atoms with van der Waals surface area (Å²) in [5, 5.41) is 0. The second-order valence-electron chi connectivity index (χ2n) is 4.49. The molecule has 0 nitrogen and oxygen atoms in total. The number of fused-ring (bicyclic) bond motifs is 2. The minimum Gasteiger partial charge on any atom is -0.103 e. The number of hydrogen-bond acceptors (Lipinski definition) is 0. The van der Waals surface area contributed by atoms with Gasteiger partial charge in [-0.1, -0.05) is 13.0 Å². The van der Waals surface area contributed by atoms with Crippen LogP contribution in [-0.4, -0.2) is 0 Å². The summed E-state index contributed by atoms with van der Waals surface area (Å²) in [6, 6.07) is 0. The molecule has 0 heterocycles. The Hall–Kier alpha value is -0.260. The average molecular weight is 150 g/mol. The lowest BCUT2D eigenvalue weighted by molar-refractivity contribution is 0.273. The third-order valence-corrected chi connectivity index (χ3v) is 3.83. The maximum atomic E-state index is 3.83. The summed E-state index contributed by atoms with van der Waals surface area (Å²) in [6.45, 7) is 6.25. The van der Waals surface area contributed by atoms with E-state index in [1.807, 2.05) is 0 Å². The van der Waals surface area contributed by atoms with Gasteiger partial charge in [-0.25, -0.2) is 0 Å². The molecule has 0 heteroatoms. The first-order valence-electron chi connectivity index (χ1n) is 4.92. The molecule has 0 amide bonds. The van der Waals surface area contributed by atoms with Crippen LogP contribution in [0.2, 0.25) is 0 Å². The summed E-state index contributed by atoms with van der Waals surface area (Å²) in [7, 11) is 0. The highest BCUT2D eigenvalue weighted by Gasteiger charge is 2.42. The zero-order chi connectivity index (χ0) is 7.84. The summed E-state index contributed by atoms with van der Waals surface area (Å²) >= 11 is 0. The van der Waals surface area contributed by atoms with E-state index < -0.39 is 0 Å². The topological polar surface area (TPSA) is 0 Å². The Kier molecular flexibility index (Phi) is 1.78. The van der Waals surface area contributed by atoms with E-state index in [0.717, 1.165) is 23.7 Å². The standard InChI is InChI=1S/C11H18/c1-3-4-9-6-10-7-11(9)5-8(10)2/h3,8-11H,1,4-7H2,2H3. The van der Waals surface area contributed by atoms with E-state index in [0.29, 0.717) is 0 Å². The van der Waals surface area contributed by atoms with Crippen LogP contribution in [0.5, 0.6) is 0 Å². The van der Waals surface area contributed by atoms with Crippen LogP contribution in [-0.2, 0) is 0 Å². The van der Waals surface area contributed by atoms with Crippen LogP contribution in [0, 0.1) is 23.7 Å². The molecular weight excluding hydrogens is 132 g/mol. The second kappa shape index (κ2) is 2.66. The fraction of sp³-hybridized carbons (Fsp3) is 0.818. The molecule has 11 heavy (non-hydrogen) atoms. The fourth-order valence-electron chi connectivity index (χ4n) is 3.18. The number of hydrogen-bond donors (Lipinski definition) is 0. The molecule has 0 aliphatic heterocycles. The normalized spacial score (nSPS) is 48.1. The maximum Gasteiger partial charge on any atom is -0.0322 e. The van der Waals surface area contributed by atoms with Crippen LogP contribution < -0.4 is 0 Å². The lowest BCUT2D eigenvalue weighted by Crippen LogP contribution is -2.14. The van der Waals surface area contributed by atoms with Crippen molar-refractivity contribution >= 4 is 0 Å². The van der Waals surface area contributed by atoms with Crippen LogP contribution in [0.15, 0.2) is 12.7 Å². The van der Waals surface area contributed by atoms with Gasteiger partial charge in [-0.2, -0.15) is 0 Å². The van der Waals surface area contributed by atoms with Gasteiger partial charge in [0.1, 0.15) is 0 Å². The van der Waals surface area contributed by atoms with Crippen LogP contribution in [0.1, 0.15) is 32.6 Å². The van der Waals surface area contributed by atoms with Gasteiger partial charge in [0.25, 0.3) is 0 Å². The lowest BCUT2D eigenvalue weighted by Gasteiger charge is -2.24. The molecule has 2 rings (SSSR count). The van der Waals surface area contributed by atoms with Crippen molar-refractivity contribution in [1.82, 2.24) is 0 Å². The van der Waals surface area contributed by atoms with Gasteiger partial charge in [0.2, 0.25) is 0 Å². The van der Waals surface area contributed by atoms with Gasteiger partial charge in [0, 0.05) is 0 Å². The molecule has 0 N–H and O–H groups in total. The molecule has 2 fully saturated rings. The molecule has 2 saturated carbocycles. The van der Waals surface area contributed by atoms with Crippen LogP contribution >= 0.6 is 0 Å². The summed E-state index contributed by atoms with van der Waals surface area (Å²) in [5.74, 6) is 4.17. The molecule has 0 aromatic rings. The van der Waals surface area contributed by atoms with Gasteiger partial charge in [0.05, 0.1) is 0 Å². The van der Waals surface area contributed by atoms with Gasteiger partial charge in [-0.3, -0.25) is 0 Å². The Balaban J connectivity index is 1.97. The zero-order valence-corrected chi connectivity index (χ0v) is 7.42. The number of allylic oxidation sites excluding steroid dienone is 1. The molecule has 0 spiro atoms. The van der Waals surface area contributed by atoms with Crippen molar-refractivity contribution < 1.29 is 0 Å². The molecule has 2 bridgehead atoms. The van der Waals surface area contributed by atoms with E-state index in [-0.39, 0.29) is 0 Å². The SMILES string of the molecule is C=CCC1CC2CC1CC2C. The van der Waals surface area contributed by atoms with Crippen molar-refractivity contribution in [1.29, 1.82) is 0 Å². The van der Waals surface area contributed by atoms with Crippen molar-refractivity contribution in [3.63, 3.8) is 0 Å². The van der Waals surface area contributed by atoms with E-state index in [4.69, 9.17) is 0 Å². The van der Waals surface area contributed by atoms with E-state index in [9.17, 15) is 0 Å². The largest absolute Gasteiger partial charge is 0.103 e. The van der Waals surface area contributed by atoms with Crippen LogP contribution in [0.4, 0.5) is 0 Å². The minimum atomic E-state index is 1.01. The van der Waals surface area contributed by atoms with Crippen molar-refractivity contribution in [3.05, 3.63) is 12.7 Å². The summed E-state index contributed by atoms with van der Waals surface area (Å²) in [4.78, 5) is 0. The van der Waals surface area contributed by atoms with Crippen molar-refractivity contribution in [2.75, 3.05) is 0 Å². The third kappa shape index (κ3) is 1.13. The molecule has 2 aliphatic rings. The molecule has 0 aromatic carbocycles. The minimum absolute atomic E-state index is 1.01. The highest BCUT2D eigenvalue weighted by molar-refractivity contribution is 4.95. The van der Waals surface area contributed by atoms with Gasteiger partial charge in [-0.05, 0) is 49.4 Å². The lowest BCUT2D eigenvalue weighted by atomic mass is 9.81. The molecule has 62 valence electrons. The highest BCUT2D eigenvalue weighted by atomic mass is 14.5. The first kappa shape index (κ1) is 7.39. The highest BCUT2D eigenvalue weighted by Crippen LogP contribution is 2.52. The van der Waals surface area contributed by atoms with Crippen LogP contribution in [0.3, 0.4) is 0 Å². The van der Waals surface area contributed by atoms with Gasteiger partial charge < -0.3 is 0 Å². The van der Waals surface area contributed by atoms with Crippen molar-refractivity contribution in [2.45, 2.75) is 32.6 Å². The third-order valence-electron chi connectivity index (χ3n) is 3.83. The predicted molar refractivity (Wildman–Crippen MR) is 48.3 cm³/mol. The van der Waals surface area contributed by atoms with Gasteiger partial charge in [-0.15, -0.1) is 6.58 Å². The molecule has 2 aliphatic carbocycles. The monoisotopic (exact) mass is 150 g/mol. The zero-order valence-electron chi connectivity index (χ0n) is 7.42. The van der Waals surface area contributed by atoms with E-state index in [1.165, 1.54) is 25.7 Å². The smallest absolute Gasteiger partial charge is 0.0322 e. The summed E-state index contributed by atoms with van der Waals surface area (Å²) < 4.78 is 0. The maximum absolute atomic E-state index is 3.83. The molecule has 4 atom stereocenters. The predicted octanol–water partition coefficient (Wildman–Crippen LogP) is 3.24. The van der Waals surface area contributed by atoms with Gasteiger partial charge in [0.15, 0.2) is 0 Å². The Labute approximate surface area is 69.7 Å². The molecule has 0 aromatic heterocycles. The first-order valence-corrected chi connectivity index (χ1v) is 4.92. The van der Waals surface area contributed by atoms with E-state index in [2.05, 4.69) is 19.6 Å².